The lowest BCUT2D eigenvalue weighted by atomic mass is 9.80. The van der Waals surface area contributed by atoms with Crippen LogP contribution in [0.5, 0.6) is 0 Å². The Labute approximate surface area is 147 Å². The molecular formula is C20H23N3O2. The minimum atomic E-state index is -0.179. The van der Waals surface area contributed by atoms with Gasteiger partial charge in [0, 0.05) is 43.7 Å². The molecule has 130 valence electrons. The molecule has 1 aromatic carbocycles. The van der Waals surface area contributed by atoms with Crippen LogP contribution in [0, 0.1) is 0 Å². The van der Waals surface area contributed by atoms with Crippen molar-refractivity contribution in [1.29, 1.82) is 0 Å². The van der Waals surface area contributed by atoms with Crippen LogP contribution in [0.1, 0.15) is 42.5 Å². The first-order chi connectivity index (χ1) is 12.1. The molecule has 1 aromatic heterocycles. The number of hydrogen-bond acceptors (Lipinski definition) is 3. The SMILES string of the molecule is CN1C(=O)CCCC12CCCN(C(=O)c1ccc3ncccc3c1)C2. The zero-order valence-corrected chi connectivity index (χ0v) is 14.6. The minimum absolute atomic E-state index is 0.0521. The molecule has 4 rings (SSSR count). The highest BCUT2D eigenvalue weighted by Gasteiger charge is 2.44. The minimum Gasteiger partial charge on any atom is -0.338 e. The van der Waals surface area contributed by atoms with Crippen LogP contribution in [0.15, 0.2) is 36.5 Å². The van der Waals surface area contributed by atoms with Gasteiger partial charge in [-0.05, 0) is 49.9 Å². The summed E-state index contributed by atoms with van der Waals surface area (Å²) in [4.78, 5) is 33.4. The van der Waals surface area contributed by atoms with Gasteiger partial charge in [0.2, 0.25) is 5.91 Å². The molecule has 5 heteroatoms. The first kappa shape index (κ1) is 16.1. The first-order valence-electron chi connectivity index (χ1n) is 9.00. The van der Waals surface area contributed by atoms with Crippen LogP contribution in [-0.2, 0) is 4.79 Å². The number of piperidine rings is 2. The van der Waals surface area contributed by atoms with Gasteiger partial charge in [-0.2, -0.15) is 0 Å². The molecular weight excluding hydrogens is 314 g/mol. The average molecular weight is 337 g/mol. The number of carbonyl (C=O) groups is 2. The molecule has 2 aliphatic heterocycles. The van der Waals surface area contributed by atoms with E-state index in [1.807, 2.05) is 47.2 Å². The third kappa shape index (κ3) is 2.77. The summed E-state index contributed by atoms with van der Waals surface area (Å²) >= 11 is 0. The van der Waals surface area contributed by atoms with Gasteiger partial charge >= 0.3 is 0 Å². The molecule has 2 fully saturated rings. The zero-order valence-electron chi connectivity index (χ0n) is 14.6. The lowest BCUT2D eigenvalue weighted by Gasteiger charge is -2.50. The fourth-order valence-corrected chi connectivity index (χ4v) is 4.32. The molecule has 2 saturated heterocycles. The van der Waals surface area contributed by atoms with E-state index < -0.39 is 0 Å². The van der Waals surface area contributed by atoms with Gasteiger partial charge in [-0.25, -0.2) is 0 Å². The molecule has 2 amide bonds. The summed E-state index contributed by atoms with van der Waals surface area (Å²) < 4.78 is 0. The molecule has 3 heterocycles. The van der Waals surface area contributed by atoms with Crippen molar-refractivity contribution in [1.82, 2.24) is 14.8 Å². The lowest BCUT2D eigenvalue weighted by Crippen LogP contribution is -2.61. The van der Waals surface area contributed by atoms with Gasteiger partial charge in [0.05, 0.1) is 11.1 Å². The van der Waals surface area contributed by atoms with E-state index in [0.29, 0.717) is 18.5 Å². The Morgan fingerprint density at radius 3 is 2.92 bits per heavy atom. The number of fused-ring (bicyclic) bond motifs is 1. The van der Waals surface area contributed by atoms with Crippen molar-refractivity contribution in [3.63, 3.8) is 0 Å². The summed E-state index contributed by atoms with van der Waals surface area (Å²) in [6.07, 6.45) is 6.23. The third-order valence-corrected chi connectivity index (χ3v) is 5.81. The van der Waals surface area contributed by atoms with E-state index in [-0.39, 0.29) is 17.4 Å². The Hall–Kier alpha value is -2.43. The van der Waals surface area contributed by atoms with Gasteiger partial charge in [-0.15, -0.1) is 0 Å². The predicted molar refractivity (Wildman–Crippen MR) is 96.2 cm³/mol. The molecule has 1 unspecified atom stereocenters. The monoisotopic (exact) mass is 337 g/mol. The topological polar surface area (TPSA) is 53.5 Å². The Balaban J connectivity index is 1.59. The lowest BCUT2D eigenvalue weighted by molar-refractivity contribution is -0.142. The summed E-state index contributed by atoms with van der Waals surface area (Å²) in [7, 11) is 1.90. The number of amides is 2. The van der Waals surface area contributed by atoms with Crippen LogP contribution in [0.25, 0.3) is 10.9 Å². The van der Waals surface area contributed by atoms with E-state index in [0.717, 1.165) is 43.1 Å². The van der Waals surface area contributed by atoms with Gasteiger partial charge in [0.15, 0.2) is 0 Å². The van der Waals surface area contributed by atoms with Crippen molar-refractivity contribution >= 4 is 22.7 Å². The molecule has 2 aromatic rings. The fourth-order valence-electron chi connectivity index (χ4n) is 4.32. The molecule has 0 radical (unpaired) electrons. The highest BCUT2D eigenvalue weighted by Crippen LogP contribution is 2.36. The maximum Gasteiger partial charge on any atom is 0.253 e. The number of aromatic nitrogens is 1. The second kappa shape index (κ2) is 6.14. The van der Waals surface area contributed by atoms with Crippen molar-refractivity contribution < 1.29 is 9.59 Å². The van der Waals surface area contributed by atoms with Crippen LogP contribution in [-0.4, -0.2) is 52.3 Å². The van der Waals surface area contributed by atoms with Crippen LogP contribution >= 0.6 is 0 Å². The van der Waals surface area contributed by atoms with Crippen molar-refractivity contribution in [3.05, 3.63) is 42.1 Å². The average Bonchev–Trinajstić information content (AvgIpc) is 2.65. The first-order valence-corrected chi connectivity index (χ1v) is 9.00. The number of hydrogen-bond donors (Lipinski definition) is 0. The fraction of sp³-hybridized carbons (Fsp3) is 0.450. The Morgan fingerprint density at radius 2 is 2.04 bits per heavy atom. The number of likely N-dealkylation sites (tertiary alicyclic amines) is 2. The third-order valence-electron chi connectivity index (χ3n) is 5.81. The number of rotatable bonds is 1. The Kier molecular flexibility index (Phi) is 3.94. The van der Waals surface area contributed by atoms with Crippen LogP contribution < -0.4 is 0 Å². The summed E-state index contributed by atoms with van der Waals surface area (Å²) in [5.74, 6) is 0.258. The van der Waals surface area contributed by atoms with E-state index in [1.165, 1.54) is 0 Å². The normalized spacial score (nSPS) is 24.1. The highest BCUT2D eigenvalue weighted by atomic mass is 16.2. The molecule has 0 saturated carbocycles. The number of benzene rings is 1. The Morgan fingerprint density at radius 1 is 1.20 bits per heavy atom. The predicted octanol–water partition coefficient (Wildman–Crippen LogP) is 2.85. The summed E-state index contributed by atoms with van der Waals surface area (Å²) in [5, 5.41) is 0.977. The Bertz CT molecular complexity index is 831. The van der Waals surface area contributed by atoms with Gasteiger partial charge in [0.1, 0.15) is 0 Å². The van der Waals surface area contributed by atoms with E-state index in [1.54, 1.807) is 6.20 Å². The molecule has 2 aliphatic rings. The summed E-state index contributed by atoms with van der Waals surface area (Å²) in [5.41, 5.74) is 1.41. The molecule has 5 nitrogen and oxygen atoms in total. The van der Waals surface area contributed by atoms with E-state index >= 15 is 0 Å². The molecule has 0 bridgehead atoms. The molecule has 0 aliphatic carbocycles. The van der Waals surface area contributed by atoms with Crippen molar-refractivity contribution in [2.24, 2.45) is 0 Å². The van der Waals surface area contributed by atoms with E-state index in [4.69, 9.17) is 0 Å². The molecule has 0 N–H and O–H groups in total. The van der Waals surface area contributed by atoms with E-state index in [9.17, 15) is 9.59 Å². The number of nitrogens with zero attached hydrogens (tertiary/aromatic N) is 3. The van der Waals surface area contributed by atoms with E-state index in [2.05, 4.69) is 4.98 Å². The maximum absolute atomic E-state index is 13.1. The van der Waals surface area contributed by atoms with Gasteiger partial charge < -0.3 is 9.80 Å². The zero-order chi connectivity index (χ0) is 17.4. The van der Waals surface area contributed by atoms with Crippen LogP contribution in [0.4, 0.5) is 0 Å². The number of pyridine rings is 1. The molecule has 1 atom stereocenters. The standard InChI is InChI=1S/C20H23N3O2/c1-22-18(24)6-2-9-20(22)10-4-12-23(14-20)19(25)16-7-8-17-15(13-16)5-3-11-21-17/h3,5,7-8,11,13H,2,4,6,9-10,12,14H2,1H3. The smallest absolute Gasteiger partial charge is 0.253 e. The van der Waals surface area contributed by atoms with Crippen molar-refractivity contribution in [3.8, 4) is 0 Å². The van der Waals surface area contributed by atoms with Gasteiger partial charge in [0.25, 0.3) is 5.91 Å². The van der Waals surface area contributed by atoms with Gasteiger partial charge in [-0.3, -0.25) is 14.6 Å². The maximum atomic E-state index is 13.1. The van der Waals surface area contributed by atoms with Crippen LogP contribution in [0.2, 0.25) is 0 Å². The summed E-state index contributed by atoms with van der Waals surface area (Å²) in [6.45, 7) is 1.40. The molecule has 25 heavy (non-hydrogen) atoms. The summed E-state index contributed by atoms with van der Waals surface area (Å²) in [6, 6.07) is 9.54. The van der Waals surface area contributed by atoms with Crippen molar-refractivity contribution in [2.75, 3.05) is 20.1 Å². The second-order valence-electron chi connectivity index (χ2n) is 7.27. The highest BCUT2D eigenvalue weighted by molar-refractivity contribution is 5.98. The van der Waals surface area contributed by atoms with Crippen molar-refractivity contribution in [2.45, 2.75) is 37.6 Å². The number of likely N-dealkylation sites (N-methyl/N-ethyl adjacent to an activating group) is 1. The second-order valence-corrected chi connectivity index (χ2v) is 7.27. The quantitative estimate of drug-likeness (QED) is 0.804. The van der Waals surface area contributed by atoms with Crippen LogP contribution in [0.3, 0.4) is 0 Å². The largest absolute Gasteiger partial charge is 0.338 e. The molecule has 1 spiro atoms. The number of carbonyl (C=O) groups excluding carboxylic acids is 2. The van der Waals surface area contributed by atoms with Gasteiger partial charge in [-0.1, -0.05) is 6.07 Å².